The Kier molecular flexibility index (Phi) is 5.90. The minimum atomic E-state index is 1.23. The zero-order chi connectivity index (χ0) is 27.9. The summed E-state index contributed by atoms with van der Waals surface area (Å²) in [6.07, 6.45) is 0. The van der Waals surface area contributed by atoms with Gasteiger partial charge in [-0.25, -0.2) is 0 Å². The number of fused-ring (bicyclic) bond motifs is 3. The van der Waals surface area contributed by atoms with E-state index in [4.69, 9.17) is 0 Å². The Labute approximate surface area is 246 Å². The van der Waals surface area contributed by atoms with Crippen molar-refractivity contribution in [2.75, 3.05) is 0 Å². The highest BCUT2D eigenvalue weighted by Gasteiger charge is 2.10. The zero-order valence-electron chi connectivity index (χ0n) is 23.2. The Bertz CT molecular complexity index is 2240. The van der Waals surface area contributed by atoms with E-state index in [1.807, 2.05) is 0 Å². The number of hydrogen-bond donors (Lipinski definition) is 0. The molecule has 8 aromatic rings. The van der Waals surface area contributed by atoms with Crippen molar-refractivity contribution in [1.82, 2.24) is 0 Å². The summed E-state index contributed by atoms with van der Waals surface area (Å²) < 4.78 is 0. The first-order chi connectivity index (χ1) is 20.8. The normalized spacial score (nSPS) is 11.3. The van der Waals surface area contributed by atoms with Gasteiger partial charge in [0.2, 0.25) is 0 Å². The van der Waals surface area contributed by atoms with Crippen molar-refractivity contribution in [3.05, 3.63) is 170 Å². The quantitative estimate of drug-likeness (QED) is 0.211. The maximum Gasteiger partial charge on any atom is -0.00992 e. The van der Waals surface area contributed by atoms with Gasteiger partial charge >= 0.3 is 0 Å². The van der Waals surface area contributed by atoms with Crippen molar-refractivity contribution in [3.63, 3.8) is 0 Å². The molecule has 0 aliphatic rings. The average Bonchev–Trinajstić information content (AvgIpc) is 3.07. The molecule has 0 fully saturated rings. The largest absolute Gasteiger partial charge is 0.0622 e. The smallest absolute Gasteiger partial charge is 0.00992 e. The number of rotatable bonds is 4. The van der Waals surface area contributed by atoms with Crippen LogP contribution in [0, 0.1) is 0 Å². The molecule has 0 heterocycles. The lowest BCUT2D eigenvalue weighted by Crippen LogP contribution is -1.87. The van der Waals surface area contributed by atoms with Gasteiger partial charge in [-0.05, 0) is 101 Å². The molecular formula is C42H28. The van der Waals surface area contributed by atoms with E-state index in [9.17, 15) is 0 Å². The summed E-state index contributed by atoms with van der Waals surface area (Å²) in [5, 5.41) is 7.59. The molecule has 0 radical (unpaired) electrons. The van der Waals surface area contributed by atoms with Crippen LogP contribution in [0.5, 0.6) is 0 Å². The molecule has 0 spiro atoms. The van der Waals surface area contributed by atoms with E-state index in [1.54, 1.807) is 0 Å². The maximum atomic E-state index is 2.33. The zero-order valence-corrected chi connectivity index (χ0v) is 23.2. The Morgan fingerprint density at radius 3 is 1.36 bits per heavy atom. The molecule has 0 aromatic heterocycles. The monoisotopic (exact) mass is 532 g/mol. The van der Waals surface area contributed by atoms with E-state index in [1.165, 1.54) is 76.8 Å². The molecular weight excluding hydrogens is 504 g/mol. The first-order valence-corrected chi connectivity index (χ1v) is 14.5. The van der Waals surface area contributed by atoms with Gasteiger partial charge in [0.05, 0.1) is 0 Å². The van der Waals surface area contributed by atoms with Gasteiger partial charge in [-0.2, -0.15) is 0 Å². The van der Waals surface area contributed by atoms with E-state index in [-0.39, 0.29) is 0 Å². The number of benzene rings is 8. The van der Waals surface area contributed by atoms with Gasteiger partial charge in [-0.1, -0.05) is 146 Å². The van der Waals surface area contributed by atoms with Crippen LogP contribution >= 0.6 is 0 Å². The van der Waals surface area contributed by atoms with Crippen molar-refractivity contribution < 1.29 is 0 Å². The van der Waals surface area contributed by atoms with Gasteiger partial charge in [0.1, 0.15) is 0 Å². The average molecular weight is 533 g/mol. The molecule has 0 bridgehead atoms. The molecule has 0 unspecified atom stereocenters. The minimum absolute atomic E-state index is 1.23. The summed E-state index contributed by atoms with van der Waals surface area (Å²) in [4.78, 5) is 0. The summed E-state index contributed by atoms with van der Waals surface area (Å²) in [6.45, 7) is 0. The van der Waals surface area contributed by atoms with Crippen LogP contribution in [0.25, 0.3) is 76.8 Å². The second-order valence-electron chi connectivity index (χ2n) is 11.0. The molecule has 0 atom stereocenters. The lowest BCUT2D eigenvalue weighted by atomic mass is 9.91. The van der Waals surface area contributed by atoms with Crippen LogP contribution in [0.4, 0.5) is 0 Å². The van der Waals surface area contributed by atoms with E-state index in [2.05, 4.69) is 170 Å². The molecule has 8 rings (SSSR count). The molecule has 0 nitrogen and oxygen atoms in total. The molecule has 0 N–H and O–H groups in total. The highest BCUT2D eigenvalue weighted by Crippen LogP contribution is 2.37. The van der Waals surface area contributed by atoms with Gasteiger partial charge in [0.15, 0.2) is 0 Å². The highest BCUT2D eigenvalue weighted by atomic mass is 14.1. The van der Waals surface area contributed by atoms with Crippen LogP contribution in [0.15, 0.2) is 170 Å². The second kappa shape index (κ2) is 10.2. The van der Waals surface area contributed by atoms with Crippen molar-refractivity contribution in [2.24, 2.45) is 0 Å². The van der Waals surface area contributed by atoms with Gasteiger partial charge in [0, 0.05) is 0 Å². The summed E-state index contributed by atoms with van der Waals surface area (Å²) in [5.74, 6) is 0. The maximum absolute atomic E-state index is 2.33. The van der Waals surface area contributed by atoms with E-state index < -0.39 is 0 Å². The topological polar surface area (TPSA) is 0 Å². The Hall–Kier alpha value is -5.46. The molecule has 0 aliphatic carbocycles. The van der Waals surface area contributed by atoms with E-state index in [0.717, 1.165) is 0 Å². The molecule has 0 saturated heterocycles. The first kappa shape index (κ1) is 24.3. The van der Waals surface area contributed by atoms with Crippen LogP contribution in [0.1, 0.15) is 0 Å². The highest BCUT2D eigenvalue weighted by molar-refractivity contribution is 6.05. The SMILES string of the molecule is c1ccc(-c2ccc3cc(-c4cccc(-c5cccc6c(-c7ccc8ccccc8c7)cccc56)c4)ccc3c2)cc1. The fourth-order valence-corrected chi connectivity index (χ4v) is 6.27. The van der Waals surface area contributed by atoms with Crippen LogP contribution in [0.2, 0.25) is 0 Å². The third kappa shape index (κ3) is 4.35. The molecule has 0 aliphatic heterocycles. The third-order valence-corrected chi connectivity index (χ3v) is 8.44. The van der Waals surface area contributed by atoms with Crippen molar-refractivity contribution in [2.45, 2.75) is 0 Å². The summed E-state index contributed by atoms with van der Waals surface area (Å²) in [6, 6.07) is 61.8. The van der Waals surface area contributed by atoms with E-state index >= 15 is 0 Å². The standard InChI is InChI=1S/C42H28/c1-2-9-29(10-3-1)33-20-21-36-26-34(22-23-35(36)25-33)32-13-6-14-37(28-32)39-15-7-18-42-40(16-8-17-41(39)42)38-24-19-30-11-4-5-12-31(30)27-38/h1-28H. The van der Waals surface area contributed by atoms with Gasteiger partial charge in [0.25, 0.3) is 0 Å². The minimum Gasteiger partial charge on any atom is -0.0622 e. The van der Waals surface area contributed by atoms with Crippen LogP contribution in [-0.4, -0.2) is 0 Å². The van der Waals surface area contributed by atoms with Gasteiger partial charge in [-0.15, -0.1) is 0 Å². The van der Waals surface area contributed by atoms with Gasteiger partial charge < -0.3 is 0 Å². The molecule has 0 saturated carbocycles. The lowest BCUT2D eigenvalue weighted by molar-refractivity contribution is 1.61. The Morgan fingerprint density at radius 2 is 0.643 bits per heavy atom. The van der Waals surface area contributed by atoms with Crippen molar-refractivity contribution >= 4 is 32.3 Å². The molecule has 196 valence electrons. The predicted octanol–water partition coefficient (Wildman–Crippen LogP) is 11.8. The van der Waals surface area contributed by atoms with Crippen LogP contribution in [0.3, 0.4) is 0 Å². The van der Waals surface area contributed by atoms with Crippen LogP contribution < -0.4 is 0 Å². The number of hydrogen-bond acceptors (Lipinski definition) is 0. The molecule has 0 heteroatoms. The second-order valence-corrected chi connectivity index (χ2v) is 11.0. The lowest BCUT2D eigenvalue weighted by Gasteiger charge is -2.13. The fraction of sp³-hybridized carbons (Fsp3) is 0. The summed E-state index contributed by atoms with van der Waals surface area (Å²) >= 11 is 0. The van der Waals surface area contributed by atoms with Crippen molar-refractivity contribution in [1.29, 1.82) is 0 Å². The third-order valence-electron chi connectivity index (χ3n) is 8.44. The first-order valence-electron chi connectivity index (χ1n) is 14.5. The molecule has 42 heavy (non-hydrogen) atoms. The van der Waals surface area contributed by atoms with Gasteiger partial charge in [-0.3, -0.25) is 0 Å². The summed E-state index contributed by atoms with van der Waals surface area (Å²) in [5.41, 5.74) is 9.95. The Balaban J connectivity index is 1.19. The predicted molar refractivity (Wildman–Crippen MR) is 181 cm³/mol. The fourth-order valence-electron chi connectivity index (χ4n) is 6.27. The summed E-state index contributed by atoms with van der Waals surface area (Å²) in [7, 11) is 0. The van der Waals surface area contributed by atoms with Crippen molar-refractivity contribution in [3.8, 4) is 44.5 Å². The van der Waals surface area contributed by atoms with Crippen LogP contribution in [-0.2, 0) is 0 Å². The molecule has 8 aromatic carbocycles. The molecule has 0 amide bonds. The Morgan fingerprint density at radius 1 is 0.214 bits per heavy atom. The van der Waals surface area contributed by atoms with E-state index in [0.29, 0.717) is 0 Å².